The van der Waals surface area contributed by atoms with Crippen LogP contribution in [0, 0.1) is 5.92 Å². The van der Waals surface area contributed by atoms with E-state index in [2.05, 4.69) is 14.2 Å². The summed E-state index contributed by atoms with van der Waals surface area (Å²) in [5.41, 5.74) is 0.185. The maximum atomic E-state index is 14.1. The number of hydrogen-bond acceptors (Lipinski definition) is 7. The first-order chi connectivity index (χ1) is 16.9. The summed E-state index contributed by atoms with van der Waals surface area (Å²) in [6.45, 7) is -2.85. The Hall–Kier alpha value is -2.46. The predicted octanol–water partition coefficient (Wildman–Crippen LogP) is 4.63. The highest BCUT2D eigenvalue weighted by Crippen LogP contribution is 2.43. The molecule has 37 heavy (non-hydrogen) atoms. The largest absolute Gasteiger partial charge is 0.468 e. The molecule has 0 bridgehead atoms. The van der Waals surface area contributed by atoms with Crippen LogP contribution in [0.1, 0.15) is 44.1 Å². The molecule has 0 aromatic heterocycles. The molecule has 16 heteroatoms. The number of carbonyl (C=O) groups excluding carboxylic acids is 2. The molecule has 0 saturated heterocycles. The predicted molar refractivity (Wildman–Crippen MR) is 110 cm³/mol. The zero-order chi connectivity index (χ0) is 28.1. The van der Waals surface area contributed by atoms with Crippen molar-refractivity contribution in [1.29, 1.82) is 0 Å². The van der Waals surface area contributed by atoms with Crippen molar-refractivity contribution in [3.63, 3.8) is 0 Å². The lowest BCUT2D eigenvalue weighted by molar-refractivity contribution is -0.359. The Morgan fingerprint density at radius 1 is 0.946 bits per heavy atom. The molecule has 0 spiro atoms. The molecule has 1 aliphatic carbocycles. The lowest BCUT2D eigenvalue weighted by Gasteiger charge is -2.34. The number of esters is 2. The van der Waals surface area contributed by atoms with Crippen molar-refractivity contribution >= 4 is 22.1 Å². The quantitative estimate of drug-likeness (QED) is 0.178. The highest BCUT2D eigenvalue weighted by atomic mass is 32.2. The Balaban J connectivity index is 2.34. The molecule has 1 atom stereocenters. The highest BCUT2D eigenvalue weighted by Gasteiger charge is 2.69. The molecule has 8 nitrogen and oxygen atoms in total. The Kier molecular flexibility index (Phi) is 9.57. The fourth-order valence-corrected chi connectivity index (χ4v) is 3.90. The van der Waals surface area contributed by atoms with Gasteiger partial charge in [0.25, 0.3) is 0 Å². The van der Waals surface area contributed by atoms with Crippen LogP contribution < -0.4 is 0 Å². The van der Waals surface area contributed by atoms with Crippen LogP contribution >= 0.6 is 0 Å². The van der Waals surface area contributed by atoms with E-state index >= 15 is 0 Å². The Bertz CT molecular complexity index is 1040. The van der Waals surface area contributed by atoms with E-state index in [1.54, 1.807) is 6.07 Å². The normalized spacial score (nSPS) is 17.6. The number of halogens is 7. The summed E-state index contributed by atoms with van der Waals surface area (Å²) < 4.78 is 140. The van der Waals surface area contributed by atoms with Crippen LogP contribution in [-0.2, 0) is 40.5 Å². The van der Waals surface area contributed by atoms with E-state index in [4.69, 9.17) is 4.55 Å². The van der Waals surface area contributed by atoms with E-state index in [0.29, 0.717) is 19.3 Å². The summed E-state index contributed by atoms with van der Waals surface area (Å²) >= 11 is 0. The van der Waals surface area contributed by atoms with Crippen LogP contribution in [0.2, 0.25) is 0 Å². The van der Waals surface area contributed by atoms with Crippen LogP contribution in [0.5, 0.6) is 0 Å². The molecule has 0 aliphatic heterocycles. The molecule has 0 heterocycles. The second-order valence-electron chi connectivity index (χ2n) is 8.23. The number of alkyl halides is 7. The van der Waals surface area contributed by atoms with Gasteiger partial charge in [0.15, 0.2) is 0 Å². The van der Waals surface area contributed by atoms with Crippen molar-refractivity contribution in [2.24, 2.45) is 5.92 Å². The molecule has 2 rings (SSSR count). The van der Waals surface area contributed by atoms with Gasteiger partial charge in [0.05, 0.1) is 12.5 Å². The van der Waals surface area contributed by atoms with Gasteiger partial charge >= 0.3 is 45.2 Å². The summed E-state index contributed by atoms with van der Waals surface area (Å²) in [7, 11) is -6.68. The summed E-state index contributed by atoms with van der Waals surface area (Å²) in [6.07, 6.45) is -6.57. The van der Waals surface area contributed by atoms with E-state index in [-0.39, 0.29) is 18.4 Å². The monoisotopic (exact) mass is 568 g/mol. The van der Waals surface area contributed by atoms with Crippen molar-refractivity contribution in [3.8, 4) is 0 Å². The standard InChI is InChI=1S/C21H23F7O8S/c22-18(23,21(27,28)37(31,32)33)11-12-35-19(20(24,25)26,36-16(29)15-9-5-2-6-10-15)17(30)34-13-14-7-3-1-4-8-14/h1,3-4,7-8,15H,2,5-6,9-13H2,(H,31,32,33). The van der Waals surface area contributed by atoms with Crippen molar-refractivity contribution in [2.75, 3.05) is 6.61 Å². The topological polar surface area (TPSA) is 116 Å². The summed E-state index contributed by atoms with van der Waals surface area (Å²) in [6, 6.07) is 7.17. The maximum absolute atomic E-state index is 14.1. The fraction of sp³-hybridized carbons (Fsp3) is 0.619. The van der Waals surface area contributed by atoms with Crippen LogP contribution in [-0.4, -0.2) is 54.7 Å². The molecule has 1 aromatic carbocycles. The molecule has 1 aliphatic rings. The Morgan fingerprint density at radius 3 is 2.03 bits per heavy atom. The van der Waals surface area contributed by atoms with E-state index < -0.39 is 70.7 Å². The van der Waals surface area contributed by atoms with E-state index in [1.807, 2.05) is 0 Å². The third-order valence-electron chi connectivity index (χ3n) is 5.51. The molecular formula is C21H23F7O8S. The zero-order valence-corrected chi connectivity index (χ0v) is 19.8. The first-order valence-corrected chi connectivity index (χ1v) is 12.3. The van der Waals surface area contributed by atoms with Crippen molar-refractivity contribution in [3.05, 3.63) is 35.9 Å². The third kappa shape index (κ3) is 7.10. The average molecular weight is 568 g/mol. The Morgan fingerprint density at radius 2 is 1.51 bits per heavy atom. The highest BCUT2D eigenvalue weighted by molar-refractivity contribution is 7.87. The van der Waals surface area contributed by atoms with E-state index in [1.165, 1.54) is 24.3 Å². The molecule has 1 fully saturated rings. The fourth-order valence-electron chi connectivity index (χ4n) is 3.42. The van der Waals surface area contributed by atoms with Gasteiger partial charge in [-0.05, 0) is 18.4 Å². The molecule has 1 unspecified atom stereocenters. The van der Waals surface area contributed by atoms with Gasteiger partial charge in [-0.2, -0.15) is 39.2 Å². The summed E-state index contributed by atoms with van der Waals surface area (Å²) in [5, 5.41) is -6.10. The number of benzene rings is 1. The molecule has 210 valence electrons. The smallest absolute Gasteiger partial charge is 0.456 e. The van der Waals surface area contributed by atoms with Crippen LogP contribution in [0.25, 0.3) is 0 Å². The van der Waals surface area contributed by atoms with Gasteiger partial charge in [0, 0.05) is 6.42 Å². The van der Waals surface area contributed by atoms with Gasteiger partial charge in [-0.3, -0.25) is 9.35 Å². The van der Waals surface area contributed by atoms with Gasteiger partial charge in [0.2, 0.25) is 0 Å². The van der Waals surface area contributed by atoms with E-state index in [0.717, 1.165) is 0 Å². The lowest BCUT2D eigenvalue weighted by atomic mass is 9.89. The van der Waals surface area contributed by atoms with Gasteiger partial charge in [-0.15, -0.1) is 0 Å². The molecule has 0 radical (unpaired) electrons. The minimum Gasteiger partial charge on any atom is -0.456 e. The molecule has 1 N–H and O–H groups in total. The van der Waals surface area contributed by atoms with Crippen LogP contribution in [0.15, 0.2) is 30.3 Å². The molecule has 0 amide bonds. The SMILES string of the molecule is O=C(OC(OCCC(F)(F)C(F)(F)S(=O)(=O)O)(C(=O)OCc1ccccc1)C(F)(F)F)C1CCCCC1. The third-order valence-corrected chi connectivity index (χ3v) is 6.46. The first-order valence-electron chi connectivity index (χ1n) is 10.8. The zero-order valence-electron chi connectivity index (χ0n) is 19.0. The molecule has 1 saturated carbocycles. The number of hydrogen-bond donors (Lipinski definition) is 1. The lowest BCUT2D eigenvalue weighted by Crippen LogP contribution is -2.59. The van der Waals surface area contributed by atoms with Crippen molar-refractivity contribution < 1.29 is 67.5 Å². The van der Waals surface area contributed by atoms with Crippen LogP contribution in [0.3, 0.4) is 0 Å². The second-order valence-corrected chi connectivity index (χ2v) is 9.69. The molecular weight excluding hydrogens is 545 g/mol. The average Bonchev–Trinajstić information content (AvgIpc) is 2.81. The summed E-state index contributed by atoms with van der Waals surface area (Å²) in [5.74, 6) is -15.3. The van der Waals surface area contributed by atoms with Crippen LogP contribution in [0.4, 0.5) is 30.7 Å². The van der Waals surface area contributed by atoms with Crippen molar-refractivity contribution in [1.82, 2.24) is 0 Å². The van der Waals surface area contributed by atoms with Gasteiger partial charge in [0.1, 0.15) is 6.61 Å². The minimum atomic E-state index is -6.68. The van der Waals surface area contributed by atoms with Crippen molar-refractivity contribution in [2.45, 2.75) is 68.3 Å². The summed E-state index contributed by atoms with van der Waals surface area (Å²) in [4.78, 5) is 25.1. The number of rotatable bonds is 11. The van der Waals surface area contributed by atoms with Gasteiger partial charge in [-0.1, -0.05) is 49.6 Å². The molecule has 1 aromatic rings. The second kappa shape index (κ2) is 11.5. The van der Waals surface area contributed by atoms with Gasteiger partial charge in [-0.25, -0.2) is 4.79 Å². The van der Waals surface area contributed by atoms with E-state index in [9.17, 15) is 48.7 Å². The van der Waals surface area contributed by atoms with Gasteiger partial charge < -0.3 is 14.2 Å². The minimum absolute atomic E-state index is 0.102. The maximum Gasteiger partial charge on any atom is 0.468 e. The Labute approximate surface area is 206 Å². The number of carbonyl (C=O) groups is 2. The number of ether oxygens (including phenoxy) is 3. The first kappa shape index (κ1) is 30.8.